The zero-order valence-electron chi connectivity index (χ0n) is 12.1. The van der Waals surface area contributed by atoms with Crippen LogP contribution in [0.3, 0.4) is 0 Å². The molecule has 0 aromatic heterocycles. The van der Waals surface area contributed by atoms with Gasteiger partial charge in [-0.05, 0) is 25.5 Å². The fourth-order valence-electron chi connectivity index (χ4n) is 2.58. The lowest BCUT2D eigenvalue weighted by atomic mass is 9.93. The summed E-state index contributed by atoms with van der Waals surface area (Å²) in [5.41, 5.74) is 0.810. The van der Waals surface area contributed by atoms with Crippen LogP contribution < -0.4 is 5.32 Å². The van der Waals surface area contributed by atoms with Gasteiger partial charge in [0.25, 0.3) is 0 Å². The van der Waals surface area contributed by atoms with Crippen LogP contribution in [0, 0.1) is 5.92 Å². The molecule has 4 heteroatoms. The molecule has 1 amide bonds. The van der Waals surface area contributed by atoms with Crippen LogP contribution in [0.1, 0.15) is 26.7 Å². The van der Waals surface area contributed by atoms with E-state index in [-0.39, 0.29) is 17.9 Å². The summed E-state index contributed by atoms with van der Waals surface area (Å²) >= 11 is 0. The molecule has 1 aromatic rings. The number of carbonyl (C=O) groups is 2. The maximum Gasteiger partial charge on any atom is 0.241 e. The molecule has 1 aliphatic heterocycles. The molecule has 1 heterocycles. The molecule has 0 bridgehead atoms. The fourth-order valence-corrected chi connectivity index (χ4v) is 2.58. The number of para-hydroxylation sites is 1. The summed E-state index contributed by atoms with van der Waals surface area (Å²) in [6.07, 6.45) is 1.41. The summed E-state index contributed by atoms with van der Waals surface area (Å²) in [5, 5.41) is 2.92. The van der Waals surface area contributed by atoms with Gasteiger partial charge in [0.05, 0.1) is 6.04 Å². The van der Waals surface area contributed by atoms with E-state index in [9.17, 15) is 9.59 Å². The van der Waals surface area contributed by atoms with Crippen LogP contribution in [0.2, 0.25) is 0 Å². The van der Waals surface area contributed by atoms with Crippen molar-refractivity contribution in [1.82, 2.24) is 4.90 Å². The van der Waals surface area contributed by atoms with Gasteiger partial charge in [0.2, 0.25) is 5.91 Å². The first-order chi connectivity index (χ1) is 9.61. The van der Waals surface area contributed by atoms with Gasteiger partial charge in [0.1, 0.15) is 5.78 Å². The maximum absolute atomic E-state index is 12.3. The molecule has 0 spiro atoms. The number of benzene rings is 1. The Morgan fingerprint density at radius 1 is 1.40 bits per heavy atom. The number of piperidine rings is 1. The third-order valence-electron chi connectivity index (χ3n) is 4.02. The van der Waals surface area contributed by atoms with Crippen molar-refractivity contribution in [2.24, 2.45) is 5.92 Å². The summed E-state index contributed by atoms with van der Waals surface area (Å²) in [4.78, 5) is 26.1. The van der Waals surface area contributed by atoms with E-state index < -0.39 is 0 Å². The molecule has 2 unspecified atom stereocenters. The molecular weight excluding hydrogens is 252 g/mol. The molecule has 1 N–H and O–H groups in total. The summed E-state index contributed by atoms with van der Waals surface area (Å²) in [6.45, 7) is 5.30. The monoisotopic (exact) mass is 274 g/mol. The Kier molecular flexibility index (Phi) is 4.90. The standard InChI is InChI=1S/C16H22N2O2/c1-3-13-11-18(10-9-15(13)19)12(2)16(20)17-14-7-5-4-6-8-14/h4-8,12-13H,3,9-11H2,1-2H3,(H,17,20). The number of amides is 1. The van der Waals surface area contributed by atoms with Gasteiger partial charge in [0, 0.05) is 31.1 Å². The van der Waals surface area contributed by atoms with E-state index in [1.54, 1.807) is 0 Å². The van der Waals surface area contributed by atoms with E-state index >= 15 is 0 Å². The molecule has 1 aromatic carbocycles. The quantitative estimate of drug-likeness (QED) is 0.916. The van der Waals surface area contributed by atoms with Gasteiger partial charge in [-0.1, -0.05) is 25.1 Å². The Bertz CT molecular complexity index is 473. The van der Waals surface area contributed by atoms with Gasteiger partial charge in [0.15, 0.2) is 0 Å². The number of ketones is 1. The largest absolute Gasteiger partial charge is 0.325 e. The summed E-state index contributed by atoms with van der Waals surface area (Å²) in [5.74, 6) is 0.399. The molecule has 0 radical (unpaired) electrons. The van der Waals surface area contributed by atoms with E-state index in [2.05, 4.69) is 10.2 Å². The highest BCUT2D eigenvalue weighted by Gasteiger charge is 2.30. The number of hydrogen-bond donors (Lipinski definition) is 1. The van der Waals surface area contributed by atoms with E-state index in [1.807, 2.05) is 44.2 Å². The summed E-state index contributed by atoms with van der Waals surface area (Å²) in [6, 6.07) is 9.25. The average molecular weight is 274 g/mol. The molecule has 108 valence electrons. The predicted octanol–water partition coefficient (Wildman–Crippen LogP) is 2.31. The molecule has 1 aliphatic rings. The Morgan fingerprint density at radius 3 is 2.75 bits per heavy atom. The van der Waals surface area contributed by atoms with Crippen LogP contribution in [0.4, 0.5) is 5.69 Å². The Morgan fingerprint density at radius 2 is 2.10 bits per heavy atom. The Labute approximate surface area is 120 Å². The van der Waals surface area contributed by atoms with Crippen LogP contribution >= 0.6 is 0 Å². The molecule has 4 nitrogen and oxygen atoms in total. The van der Waals surface area contributed by atoms with Gasteiger partial charge in [-0.2, -0.15) is 0 Å². The highest BCUT2D eigenvalue weighted by molar-refractivity contribution is 5.94. The van der Waals surface area contributed by atoms with E-state index in [4.69, 9.17) is 0 Å². The van der Waals surface area contributed by atoms with Crippen molar-refractivity contribution in [3.05, 3.63) is 30.3 Å². The number of anilines is 1. The zero-order chi connectivity index (χ0) is 14.5. The van der Waals surface area contributed by atoms with Crippen molar-refractivity contribution >= 4 is 17.4 Å². The minimum atomic E-state index is -0.211. The molecule has 1 fully saturated rings. The second kappa shape index (κ2) is 6.66. The lowest BCUT2D eigenvalue weighted by molar-refractivity contribution is -0.130. The van der Waals surface area contributed by atoms with Gasteiger partial charge in [-0.25, -0.2) is 0 Å². The second-order valence-corrected chi connectivity index (χ2v) is 5.35. The minimum Gasteiger partial charge on any atom is -0.325 e. The van der Waals surface area contributed by atoms with Crippen LogP contribution in [0.5, 0.6) is 0 Å². The van der Waals surface area contributed by atoms with Crippen molar-refractivity contribution < 1.29 is 9.59 Å². The van der Waals surface area contributed by atoms with Crippen LogP contribution in [-0.2, 0) is 9.59 Å². The van der Waals surface area contributed by atoms with Crippen LogP contribution in [0.15, 0.2) is 30.3 Å². The highest BCUT2D eigenvalue weighted by Crippen LogP contribution is 2.19. The van der Waals surface area contributed by atoms with E-state index in [1.165, 1.54) is 0 Å². The van der Waals surface area contributed by atoms with Crippen molar-refractivity contribution in [3.63, 3.8) is 0 Å². The maximum atomic E-state index is 12.3. The number of carbonyl (C=O) groups excluding carboxylic acids is 2. The van der Waals surface area contributed by atoms with Crippen LogP contribution in [-0.4, -0.2) is 35.7 Å². The number of nitrogens with zero attached hydrogens (tertiary/aromatic N) is 1. The topological polar surface area (TPSA) is 49.4 Å². The molecule has 2 rings (SSSR count). The molecule has 0 saturated carbocycles. The molecule has 1 saturated heterocycles. The predicted molar refractivity (Wildman–Crippen MR) is 79.5 cm³/mol. The average Bonchev–Trinajstić information content (AvgIpc) is 2.48. The first-order valence-corrected chi connectivity index (χ1v) is 7.24. The number of rotatable bonds is 4. The van der Waals surface area contributed by atoms with Crippen LogP contribution in [0.25, 0.3) is 0 Å². The number of Topliss-reactive ketones (excluding diaryl/α,β-unsaturated/α-hetero) is 1. The van der Waals surface area contributed by atoms with Gasteiger partial charge < -0.3 is 5.32 Å². The second-order valence-electron chi connectivity index (χ2n) is 5.35. The molecule has 0 aliphatic carbocycles. The summed E-state index contributed by atoms with van der Waals surface area (Å²) in [7, 11) is 0. The summed E-state index contributed by atoms with van der Waals surface area (Å²) < 4.78 is 0. The van der Waals surface area contributed by atoms with Gasteiger partial charge in [-0.3, -0.25) is 14.5 Å². The normalized spacial score (nSPS) is 21.5. The number of likely N-dealkylation sites (tertiary alicyclic amines) is 1. The minimum absolute atomic E-state index is 0.0135. The lowest BCUT2D eigenvalue weighted by Crippen LogP contribution is -2.49. The zero-order valence-corrected chi connectivity index (χ0v) is 12.1. The van der Waals surface area contributed by atoms with Gasteiger partial charge in [-0.15, -0.1) is 0 Å². The first-order valence-electron chi connectivity index (χ1n) is 7.24. The SMILES string of the molecule is CCC1CN(C(C)C(=O)Nc2ccccc2)CCC1=O. The Balaban J connectivity index is 1.95. The van der Waals surface area contributed by atoms with Crippen molar-refractivity contribution in [2.75, 3.05) is 18.4 Å². The first kappa shape index (κ1) is 14.7. The lowest BCUT2D eigenvalue weighted by Gasteiger charge is -2.34. The van der Waals surface area contributed by atoms with E-state index in [0.717, 1.165) is 12.1 Å². The van der Waals surface area contributed by atoms with Crippen molar-refractivity contribution in [3.8, 4) is 0 Å². The fraction of sp³-hybridized carbons (Fsp3) is 0.500. The van der Waals surface area contributed by atoms with Gasteiger partial charge >= 0.3 is 0 Å². The van der Waals surface area contributed by atoms with Crippen molar-refractivity contribution in [1.29, 1.82) is 0 Å². The van der Waals surface area contributed by atoms with E-state index in [0.29, 0.717) is 25.3 Å². The third-order valence-corrected chi connectivity index (χ3v) is 4.02. The highest BCUT2D eigenvalue weighted by atomic mass is 16.2. The smallest absolute Gasteiger partial charge is 0.241 e. The molecule has 20 heavy (non-hydrogen) atoms. The molecule has 2 atom stereocenters. The Hall–Kier alpha value is -1.68. The number of nitrogens with one attached hydrogen (secondary N) is 1. The van der Waals surface area contributed by atoms with Crippen molar-refractivity contribution in [2.45, 2.75) is 32.7 Å². The number of hydrogen-bond acceptors (Lipinski definition) is 3. The third kappa shape index (κ3) is 3.45. The molecular formula is C16H22N2O2.